The second-order valence-corrected chi connectivity index (χ2v) is 12.4. The van der Waals surface area contributed by atoms with Gasteiger partial charge in [0, 0.05) is 61.9 Å². The average molecular weight is 620 g/mol. The third-order valence-corrected chi connectivity index (χ3v) is 9.05. The molecule has 1 aliphatic carbocycles. The molecule has 0 atom stereocenters. The molecule has 0 bridgehead atoms. The number of nitrogens with zero attached hydrogens (tertiary/aromatic N) is 3. The smallest absolute Gasteiger partial charge is 0.319 e. The average Bonchev–Trinajstić information content (AvgIpc) is 3.71. The van der Waals surface area contributed by atoms with Crippen LogP contribution in [0.5, 0.6) is 11.5 Å². The molecule has 3 aliphatic rings. The van der Waals surface area contributed by atoms with Gasteiger partial charge < -0.3 is 30.9 Å². The zero-order valence-electron chi connectivity index (χ0n) is 24.8. The van der Waals surface area contributed by atoms with Crippen molar-refractivity contribution in [1.82, 2.24) is 25.8 Å². The lowest BCUT2D eigenvalue weighted by Crippen LogP contribution is -2.46. The van der Waals surface area contributed by atoms with Crippen LogP contribution < -0.4 is 30.9 Å². The second-order valence-electron chi connectivity index (χ2n) is 11.4. The molecule has 4 heterocycles. The number of hydrogen-bond donors (Lipinski definition) is 4. The Morgan fingerprint density at radius 1 is 1.09 bits per heavy atom. The summed E-state index contributed by atoms with van der Waals surface area (Å²) in [5.41, 5.74) is 2.47. The summed E-state index contributed by atoms with van der Waals surface area (Å²) < 4.78 is 21.8. The fourth-order valence-corrected chi connectivity index (χ4v) is 6.47. The Hall–Kier alpha value is -4.00. The molecule has 2 fully saturated rings. The number of aromatic nitrogens is 1. The van der Waals surface area contributed by atoms with Gasteiger partial charge in [-0.15, -0.1) is 11.3 Å². The molecule has 2 aliphatic heterocycles. The number of benzene rings is 1. The number of amides is 3. The summed E-state index contributed by atoms with van der Waals surface area (Å²) in [5.74, 6) is 0.0881. The first-order valence-electron chi connectivity index (χ1n) is 15.2. The van der Waals surface area contributed by atoms with Gasteiger partial charge >= 0.3 is 6.03 Å². The van der Waals surface area contributed by atoms with Gasteiger partial charge in [0.15, 0.2) is 11.6 Å². The van der Waals surface area contributed by atoms with Crippen LogP contribution in [0.25, 0.3) is 10.2 Å². The molecular weight excluding hydrogens is 581 g/mol. The number of piperidine rings is 1. The summed E-state index contributed by atoms with van der Waals surface area (Å²) in [6.07, 6.45) is 12.0. The van der Waals surface area contributed by atoms with Crippen molar-refractivity contribution in [3.8, 4) is 11.5 Å². The van der Waals surface area contributed by atoms with E-state index in [4.69, 9.17) is 4.74 Å². The third kappa shape index (κ3) is 7.74. The van der Waals surface area contributed by atoms with Gasteiger partial charge in [-0.2, -0.15) is 0 Å². The maximum atomic E-state index is 15.0. The number of likely N-dealkylation sites (tertiary alicyclic amines) is 1. The van der Waals surface area contributed by atoms with Crippen molar-refractivity contribution in [2.75, 3.05) is 49.5 Å². The highest BCUT2D eigenvalue weighted by atomic mass is 32.1. The van der Waals surface area contributed by atoms with Gasteiger partial charge in [-0.3, -0.25) is 14.7 Å². The minimum Gasteiger partial charge on any atom is -0.453 e. The Kier molecular flexibility index (Phi) is 9.39. The molecule has 0 radical (unpaired) electrons. The molecule has 0 spiro atoms. The third-order valence-electron chi connectivity index (χ3n) is 7.88. The van der Waals surface area contributed by atoms with Crippen molar-refractivity contribution < 1.29 is 18.7 Å². The molecule has 6 rings (SSSR count). The molecule has 4 N–H and O–H groups in total. The van der Waals surface area contributed by atoms with Gasteiger partial charge in [-0.1, -0.05) is 6.08 Å². The Morgan fingerprint density at radius 2 is 1.93 bits per heavy atom. The van der Waals surface area contributed by atoms with Gasteiger partial charge in [0.2, 0.25) is 5.91 Å². The minimum atomic E-state index is -0.563. The van der Waals surface area contributed by atoms with E-state index in [0.717, 1.165) is 67.1 Å². The number of thiophene rings is 1. The SMILES string of the molecule is CCNC(=O)CNC1CCN(CC2=CC=CN(c3cc4nccc(Oc5ccc(NC(=O)NC6CC6)cc5F)c4s3)C2)CC1. The van der Waals surface area contributed by atoms with Gasteiger partial charge in [0.25, 0.3) is 0 Å². The zero-order chi connectivity index (χ0) is 30.5. The van der Waals surface area contributed by atoms with E-state index in [2.05, 4.69) is 54.4 Å². The van der Waals surface area contributed by atoms with Crippen LogP contribution in [-0.2, 0) is 4.79 Å². The van der Waals surface area contributed by atoms with E-state index >= 15 is 0 Å². The predicted octanol–water partition coefficient (Wildman–Crippen LogP) is 4.96. The van der Waals surface area contributed by atoms with Crippen LogP contribution in [0.15, 0.2) is 60.5 Å². The highest BCUT2D eigenvalue weighted by Crippen LogP contribution is 2.40. The molecule has 2 aromatic heterocycles. The minimum absolute atomic E-state index is 0.0500. The quantitative estimate of drug-likeness (QED) is 0.240. The summed E-state index contributed by atoms with van der Waals surface area (Å²) >= 11 is 1.56. The number of allylic oxidation sites excluding steroid dienone is 2. The number of ether oxygens (including phenoxy) is 1. The van der Waals surface area contributed by atoms with E-state index in [1.807, 2.05) is 13.0 Å². The first-order chi connectivity index (χ1) is 21.4. The van der Waals surface area contributed by atoms with Crippen LogP contribution in [0, 0.1) is 5.82 Å². The summed E-state index contributed by atoms with van der Waals surface area (Å²) in [6.45, 7) is 6.60. The van der Waals surface area contributed by atoms with E-state index < -0.39 is 5.82 Å². The first-order valence-corrected chi connectivity index (χ1v) is 16.0. The molecule has 3 aromatic rings. The van der Waals surface area contributed by atoms with Crippen LogP contribution in [0.2, 0.25) is 0 Å². The number of likely N-dealkylation sites (N-methyl/N-ethyl adjacent to an activating group) is 1. The summed E-state index contributed by atoms with van der Waals surface area (Å²) in [4.78, 5) is 33.0. The molecule has 1 saturated carbocycles. The van der Waals surface area contributed by atoms with Gasteiger partial charge in [0.05, 0.1) is 21.8 Å². The number of halogens is 1. The molecule has 12 heteroatoms. The maximum absolute atomic E-state index is 15.0. The van der Waals surface area contributed by atoms with E-state index in [1.165, 1.54) is 17.7 Å². The van der Waals surface area contributed by atoms with Crippen LogP contribution >= 0.6 is 11.3 Å². The van der Waals surface area contributed by atoms with Crippen molar-refractivity contribution in [2.24, 2.45) is 0 Å². The number of urea groups is 1. The van der Waals surface area contributed by atoms with Crippen molar-refractivity contribution in [3.63, 3.8) is 0 Å². The van der Waals surface area contributed by atoms with Gasteiger partial charge in [-0.25, -0.2) is 9.18 Å². The Balaban J connectivity index is 1.05. The Labute approximate surface area is 260 Å². The molecule has 3 amide bonds. The van der Waals surface area contributed by atoms with E-state index in [9.17, 15) is 14.0 Å². The maximum Gasteiger partial charge on any atom is 0.319 e. The number of pyridine rings is 1. The summed E-state index contributed by atoms with van der Waals surface area (Å²) in [7, 11) is 0. The van der Waals surface area contributed by atoms with Crippen molar-refractivity contribution >= 4 is 44.2 Å². The Morgan fingerprint density at radius 3 is 2.70 bits per heavy atom. The number of carbonyl (C=O) groups is 2. The molecule has 0 unspecified atom stereocenters. The fourth-order valence-electron chi connectivity index (χ4n) is 5.42. The molecule has 10 nitrogen and oxygen atoms in total. The van der Waals surface area contributed by atoms with Gasteiger partial charge in [0.1, 0.15) is 5.75 Å². The number of rotatable bonds is 11. The van der Waals surface area contributed by atoms with Crippen molar-refractivity contribution in [3.05, 3.63) is 66.3 Å². The monoisotopic (exact) mass is 619 g/mol. The lowest BCUT2D eigenvalue weighted by molar-refractivity contribution is -0.120. The van der Waals surface area contributed by atoms with Crippen LogP contribution in [-0.4, -0.2) is 73.2 Å². The van der Waals surface area contributed by atoms with E-state index in [0.29, 0.717) is 30.6 Å². The highest BCUT2D eigenvalue weighted by Gasteiger charge is 2.24. The molecular formula is C32H38FN7O3S. The van der Waals surface area contributed by atoms with E-state index in [-0.39, 0.29) is 23.7 Å². The first kappa shape index (κ1) is 30.0. The summed E-state index contributed by atoms with van der Waals surface area (Å²) in [5, 5.41) is 12.7. The van der Waals surface area contributed by atoms with E-state index in [1.54, 1.807) is 29.7 Å². The number of carbonyl (C=O) groups excluding carboxylic acids is 2. The number of fused-ring (bicyclic) bond motifs is 1. The molecule has 232 valence electrons. The number of hydrogen-bond acceptors (Lipinski definition) is 8. The number of nitrogens with one attached hydrogen (secondary N) is 4. The van der Waals surface area contributed by atoms with Crippen LogP contribution in [0.4, 0.5) is 19.9 Å². The zero-order valence-corrected chi connectivity index (χ0v) is 25.6. The second kappa shape index (κ2) is 13.7. The normalized spacial score (nSPS) is 17.4. The van der Waals surface area contributed by atoms with Gasteiger partial charge in [-0.05, 0) is 75.5 Å². The molecule has 44 heavy (non-hydrogen) atoms. The lowest BCUT2D eigenvalue weighted by atomic mass is 10.0. The largest absolute Gasteiger partial charge is 0.453 e. The molecule has 1 aromatic carbocycles. The number of anilines is 2. The summed E-state index contributed by atoms with van der Waals surface area (Å²) in [6, 6.07) is 8.44. The fraction of sp³-hybridized carbons (Fsp3) is 0.406. The highest BCUT2D eigenvalue weighted by molar-refractivity contribution is 7.23. The van der Waals surface area contributed by atoms with Crippen molar-refractivity contribution in [2.45, 2.75) is 44.7 Å². The van der Waals surface area contributed by atoms with Crippen molar-refractivity contribution in [1.29, 1.82) is 0 Å². The standard InChI is InChI=1S/C32H38FN7O3S/c1-2-34-29(41)18-36-22-10-14-39(15-11-22)19-21-4-3-13-40(20-21)30-17-26-31(44-30)28(9-12-35-26)43-27-8-7-24(16-25(27)33)38-32(42)37-23-5-6-23/h3-4,7-9,12-13,16-17,22-23,36H,2,5-6,10-11,14-15,18-20H2,1H3,(H,34,41)(H2,37,38,42). The van der Waals surface area contributed by atoms with Crippen LogP contribution in [0.1, 0.15) is 32.6 Å². The predicted molar refractivity (Wildman–Crippen MR) is 172 cm³/mol. The topological polar surface area (TPSA) is 111 Å². The molecule has 1 saturated heterocycles. The van der Waals surface area contributed by atoms with Crippen LogP contribution in [0.3, 0.4) is 0 Å². The lowest BCUT2D eigenvalue weighted by Gasteiger charge is -2.34. The Bertz CT molecular complexity index is 1560.